The lowest BCUT2D eigenvalue weighted by Gasteiger charge is -2.18. The fraction of sp³-hybridized carbons (Fsp3) is 0.308. The molecule has 0 aromatic heterocycles. The average molecular weight is 337 g/mol. The van der Waals surface area contributed by atoms with Gasteiger partial charge in [0.05, 0.1) is 10.7 Å². The van der Waals surface area contributed by atoms with Gasteiger partial charge in [0.25, 0.3) is 3.79 Å². The highest BCUT2D eigenvalue weighted by Gasteiger charge is 2.32. The molecule has 0 saturated heterocycles. The van der Waals surface area contributed by atoms with Gasteiger partial charge in [0.15, 0.2) is 0 Å². The number of alkyl halides is 3. The minimum atomic E-state index is -1.91. The lowest BCUT2D eigenvalue weighted by atomic mass is 10.2. The first-order valence-electron chi connectivity index (χ1n) is 5.72. The first-order chi connectivity index (χ1) is 8.82. The van der Waals surface area contributed by atoms with E-state index in [9.17, 15) is 4.79 Å². The number of fused-ring (bicyclic) bond motifs is 1. The van der Waals surface area contributed by atoms with Crippen LogP contribution in [-0.2, 0) is 4.79 Å². The van der Waals surface area contributed by atoms with E-state index in [1.807, 2.05) is 30.9 Å². The zero-order valence-corrected chi connectivity index (χ0v) is 13.5. The van der Waals surface area contributed by atoms with Gasteiger partial charge >= 0.3 is 0 Å². The van der Waals surface area contributed by atoms with Gasteiger partial charge in [-0.1, -0.05) is 52.6 Å². The average Bonchev–Trinajstić information content (AvgIpc) is 2.64. The van der Waals surface area contributed by atoms with Crippen LogP contribution < -0.4 is 4.90 Å². The summed E-state index contributed by atoms with van der Waals surface area (Å²) in [4.78, 5) is 14.9. The largest absolute Gasteiger partial charge is 0.335 e. The van der Waals surface area contributed by atoms with Crippen LogP contribution in [0.2, 0.25) is 0 Å². The van der Waals surface area contributed by atoms with Gasteiger partial charge in [0.2, 0.25) is 5.78 Å². The van der Waals surface area contributed by atoms with Gasteiger partial charge in [0.1, 0.15) is 0 Å². The second kappa shape index (κ2) is 5.57. The molecule has 2 nitrogen and oxygen atoms in total. The summed E-state index contributed by atoms with van der Waals surface area (Å²) in [5.74, 6) is -0.525. The number of thioether (sulfide) groups is 1. The number of hydrogen-bond donors (Lipinski definition) is 0. The number of anilines is 1. The van der Waals surface area contributed by atoms with E-state index in [1.54, 1.807) is 0 Å². The van der Waals surface area contributed by atoms with Crippen LogP contribution in [0.15, 0.2) is 34.2 Å². The quantitative estimate of drug-likeness (QED) is 0.576. The van der Waals surface area contributed by atoms with Crippen molar-refractivity contribution in [2.75, 3.05) is 11.4 Å². The van der Waals surface area contributed by atoms with E-state index in [0.717, 1.165) is 22.2 Å². The number of ketones is 1. The molecule has 102 valence electrons. The molecule has 1 aliphatic rings. The lowest BCUT2D eigenvalue weighted by Crippen LogP contribution is -2.21. The van der Waals surface area contributed by atoms with Crippen LogP contribution in [0, 0.1) is 6.92 Å². The number of carbonyl (C=O) groups excluding carboxylic acids is 1. The normalized spacial score (nSPS) is 16.9. The summed E-state index contributed by atoms with van der Waals surface area (Å²) in [5, 5.41) is 0.791. The third-order valence-electron chi connectivity index (χ3n) is 2.74. The summed E-state index contributed by atoms with van der Waals surface area (Å²) in [6.45, 7) is 4.81. The number of allylic oxidation sites excluding steroid dienone is 1. The number of rotatable bonds is 2. The van der Waals surface area contributed by atoms with Gasteiger partial charge in [-0.25, -0.2) is 0 Å². The van der Waals surface area contributed by atoms with Crippen molar-refractivity contribution in [2.24, 2.45) is 0 Å². The zero-order chi connectivity index (χ0) is 14.2. The van der Waals surface area contributed by atoms with E-state index >= 15 is 0 Å². The molecule has 0 radical (unpaired) electrons. The van der Waals surface area contributed by atoms with Crippen LogP contribution >= 0.6 is 46.6 Å². The zero-order valence-electron chi connectivity index (χ0n) is 10.4. The molecule has 1 aliphatic heterocycles. The Morgan fingerprint density at radius 1 is 1.42 bits per heavy atom. The second-order valence-corrected chi connectivity index (χ2v) is 7.51. The highest BCUT2D eigenvalue weighted by atomic mass is 35.6. The molecule has 0 amide bonds. The molecule has 0 atom stereocenters. The van der Waals surface area contributed by atoms with E-state index in [2.05, 4.69) is 6.07 Å². The summed E-state index contributed by atoms with van der Waals surface area (Å²) in [7, 11) is 0. The van der Waals surface area contributed by atoms with Crippen molar-refractivity contribution < 1.29 is 4.79 Å². The first kappa shape index (κ1) is 15.0. The Bertz CT molecular complexity index is 551. The Morgan fingerprint density at radius 3 is 2.68 bits per heavy atom. The van der Waals surface area contributed by atoms with Crippen molar-refractivity contribution in [2.45, 2.75) is 22.5 Å². The number of hydrogen-bond acceptors (Lipinski definition) is 3. The molecule has 1 aromatic carbocycles. The van der Waals surface area contributed by atoms with Crippen molar-refractivity contribution in [3.8, 4) is 0 Å². The Kier molecular flexibility index (Phi) is 4.41. The van der Waals surface area contributed by atoms with Crippen LogP contribution in [0.25, 0.3) is 0 Å². The standard InChI is InChI=1S/C13H12Cl3NOS/c1-3-17-9-6-8(2)4-5-10(9)19-12(17)7-11(18)13(14,15)16/h4-7H,3H2,1-2H3. The highest BCUT2D eigenvalue weighted by molar-refractivity contribution is 8.03. The topological polar surface area (TPSA) is 20.3 Å². The third-order valence-corrected chi connectivity index (χ3v) is 4.41. The van der Waals surface area contributed by atoms with Crippen LogP contribution in [0.1, 0.15) is 12.5 Å². The summed E-state index contributed by atoms with van der Waals surface area (Å²) < 4.78 is -1.91. The maximum absolute atomic E-state index is 11.8. The second-order valence-electron chi connectivity index (χ2n) is 4.16. The smallest absolute Gasteiger partial charge is 0.252 e. The minimum absolute atomic E-state index is 0.525. The van der Waals surface area contributed by atoms with Gasteiger partial charge in [-0.15, -0.1) is 0 Å². The number of benzene rings is 1. The van der Waals surface area contributed by atoms with E-state index in [0.29, 0.717) is 0 Å². The molecular formula is C13H12Cl3NOS. The highest BCUT2D eigenvalue weighted by Crippen LogP contribution is 2.46. The third kappa shape index (κ3) is 3.22. The van der Waals surface area contributed by atoms with E-state index in [1.165, 1.54) is 23.4 Å². The first-order valence-corrected chi connectivity index (χ1v) is 7.67. The monoisotopic (exact) mass is 335 g/mol. The van der Waals surface area contributed by atoms with Gasteiger partial charge in [-0.2, -0.15) is 0 Å². The summed E-state index contributed by atoms with van der Waals surface area (Å²) >= 11 is 18.3. The Balaban J connectivity index is 2.37. The van der Waals surface area contributed by atoms with Crippen LogP contribution in [0.3, 0.4) is 0 Å². The van der Waals surface area contributed by atoms with Gasteiger partial charge in [-0.3, -0.25) is 4.79 Å². The van der Waals surface area contributed by atoms with Crippen molar-refractivity contribution in [1.82, 2.24) is 0 Å². The number of nitrogens with zero attached hydrogens (tertiary/aromatic N) is 1. The maximum atomic E-state index is 11.8. The Morgan fingerprint density at radius 2 is 2.11 bits per heavy atom. The minimum Gasteiger partial charge on any atom is -0.335 e. The van der Waals surface area contributed by atoms with Gasteiger partial charge in [0, 0.05) is 17.5 Å². The van der Waals surface area contributed by atoms with Crippen molar-refractivity contribution in [3.63, 3.8) is 0 Å². The molecule has 0 fully saturated rings. The van der Waals surface area contributed by atoms with Crippen LogP contribution in [-0.4, -0.2) is 16.1 Å². The van der Waals surface area contributed by atoms with Crippen molar-refractivity contribution in [1.29, 1.82) is 0 Å². The fourth-order valence-electron chi connectivity index (χ4n) is 1.84. The molecule has 1 heterocycles. The van der Waals surface area contributed by atoms with Crippen molar-refractivity contribution >= 4 is 58.0 Å². The molecule has 2 rings (SSSR count). The summed E-state index contributed by atoms with van der Waals surface area (Å²) in [6, 6.07) is 6.17. The lowest BCUT2D eigenvalue weighted by molar-refractivity contribution is -0.113. The molecular weight excluding hydrogens is 325 g/mol. The van der Waals surface area contributed by atoms with E-state index in [4.69, 9.17) is 34.8 Å². The molecule has 0 unspecified atom stereocenters. The summed E-state index contributed by atoms with van der Waals surface area (Å²) in [6.07, 6.45) is 1.40. The number of halogens is 3. The van der Waals surface area contributed by atoms with Gasteiger partial charge < -0.3 is 4.90 Å². The Hall–Kier alpha value is -0.350. The molecule has 19 heavy (non-hydrogen) atoms. The molecule has 6 heteroatoms. The van der Waals surface area contributed by atoms with Gasteiger partial charge in [-0.05, 0) is 31.5 Å². The van der Waals surface area contributed by atoms with Crippen LogP contribution in [0.4, 0.5) is 5.69 Å². The van der Waals surface area contributed by atoms with Crippen molar-refractivity contribution in [3.05, 3.63) is 34.9 Å². The molecule has 0 aliphatic carbocycles. The van der Waals surface area contributed by atoms with Crippen LogP contribution in [0.5, 0.6) is 0 Å². The molecule has 0 N–H and O–H groups in total. The summed E-state index contributed by atoms with van der Waals surface area (Å²) in [5.41, 5.74) is 2.27. The molecule has 1 aromatic rings. The maximum Gasteiger partial charge on any atom is 0.252 e. The molecule has 0 bridgehead atoms. The predicted octanol–water partition coefficient (Wildman–Crippen LogP) is 4.71. The number of carbonyl (C=O) groups is 1. The molecule has 0 spiro atoms. The van der Waals surface area contributed by atoms with E-state index < -0.39 is 9.58 Å². The molecule has 0 saturated carbocycles. The fourth-order valence-corrected chi connectivity index (χ4v) is 3.14. The number of aryl methyl sites for hydroxylation is 1. The Labute approximate surface area is 131 Å². The SMILES string of the molecule is CCN1C(=CC(=O)C(Cl)(Cl)Cl)Sc2ccc(C)cc21. The van der Waals surface area contributed by atoms with E-state index in [-0.39, 0.29) is 0 Å². The predicted molar refractivity (Wildman–Crippen MR) is 83.4 cm³/mol.